The number of hydrogen-bond donors (Lipinski definition) is 0. The topological polar surface area (TPSA) is 69.7 Å². The standard InChI is InChI=1S/C8H14O5S/c1-4-5-6-14(10,11)13-8(9)7(2)12-3/h2,4-6H2,1,3H3. The summed E-state index contributed by atoms with van der Waals surface area (Å²) in [4.78, 5) is 10.9. The Morgan fingerprint density at radius 2 is 2.00 bits per heavy atom. The minimum absolute atomic E-state index is 0.174. The maximum absolute atomic E-state index is 11.1. The molecule has 0 fully saturated rings. The molecule has 0 aromatic carbocycles. The van der Waals surface area contributed by atoms with Crippen molar-refractivity contribution in [3.05, 3.63) is 12.3 Å². The zero-order valence-corrected chi connectivity index (χ0v) is 9.09. The van der Waals surface area contributed by atoms with E-state index in [1.54, 1.807) is 0 Å². The molecule has 14 heavy (non-hydrogen) atoms. The molecule has 0 aliphatic rings. The van der Waals surface area contributed by atoms with Crippen LogP contribution in [0.5, 0.6) is 0 Å². The molecule has 0 radical (unpaired) electrons. The van der Waals surface area contributed by atoms with Gasteiger partial charge in [-0.25, -0.2) is 4.79 Å². The number of hydrogen-bond acceptors (Lipinski definition) is 5. The van der Waals surface area contributed by atoms with E-state index in [0.29, 0.717) is 12.8 Å². The highest BCUT2D eigenvalue weighted by Gasteiger charge is 2.19. The second-order valence-corrected chi connectivity index (χ2v) is 4.30. The van der Waals surface area contributed by atoms with Crippen LogP contribution in [0.25, 0.3) is 0 Å². The summed E-state index contributed by atoms with van der Waals surface area (Å²) in [5.74, 6) is -1.57. The van der Waals surface area contributed by atoms with Crippen molar-refractivity contribution >= 4 is 16.1 Å². The largest absolute Gasteiger partial charge is 0.490 e. The van der Waals surface area contributed by atoms with Crippen molar-refractivity contribution in [2.24, 2.45) is 0 Å². The fourth-order valence-corrected chi connectivity index (χ4v) is 1.66. The Labute approximate surface area is 83.8 Å². The van der Waals surface area contributed by atoms with Gasteiger partial charge in [0.25, 0.3) is 0 Å². The van der Waals surface area contributed by atoms with Gasteiger partial charge in [-0.05, 0) is 13.0 Å². The summed E-state index contributed by atoms with van der Waals surface area (Å²) in [5, 5.41) is 0. The van der Waals surface area contributed by atoms with Crippen molar-refractivity contribution in [3.8, 4) is 0 Å². The lowest BCUT2D eigenvalue weighted by atomic mass is 10.4. The van der Waals surface area contributed by atoms with Crippen LogP contribution in [0.4, 0.5) is 0 Å². The van der Waals surface area contributed by atoms with Crippen LogP contribution in [-0.2, 0) is 23.8 Å². The highest BCUT2D eigenvalue weighted by Crippen LogP contribution is 2.03. The van der Waals surface area contributed by atoms with Crippen LogP contribution in [-0.4, -0.2) is 27.2 Å². The van der Waals surface area contributed by atoms with Crippen LogP contribution in [0.1, 0.15) is 19.8 Å². The Morgan fingerprint density at radius 3 is 2.43 bits per heavy atom. The minimum atomic E-state index is -3.79. The van der Waals surface area contributed by atoms with Crippen LogP contribution in [0.3, 0.4) is 0 Å². The summed E-state index contributed by atoms with van der Waals surface area (Å²) in [7, 11) is -2.58. The lowest BCUT2D eigenvalue weighted by Crippen LogP contribution is -2.17. The van der Waals surface area contributed by atoms with Crippen LogP contribution in [0.2, 0.25) is 0 Å². The summed E-state index contributed by atoms with van der Waals surface area (Å²) in [6.07, 6.45) is 1.16. The molecule has 0 atom stereocenters. The van der Waals surface area contributed by atoms with Gasteiger partial charge < -0.3 is 8.92 Å². The third kappa shape index (κ3) is 4.86. The summed E-state index contributed by atoms with van der Waals surface area (Å²) >= 11 is 0. The number of methoxy groups -OCH3 is 1. The summed E-state index contributed by atoms with van der Waals surface area (Å²) in [6, 6.07) is 0. The fraction of sp³-hybridized carbons (Fsp3) is 0.625. The normalized spacial score (nSPS) is 10.7. The van der Waals surface area contributed by atoms with Gasteiger partial charge in [0, 0.05) is 0 Å². The lowest BCUT2D eigenvalue weighted by Gasteiger charge is -2.05. The molecule has 0 rings (SSSR count). The molecular formula is C8H14O5S. The van der Waals surface area contributed by atoms with E-state index in [1.165, 1.54) is 7.11 Å². The maximum atomic E-state index is 11.1. The first-order valence-corrected chi connectivity index (χ1v) is 5.70. The van der Waals surface area contributed by atoms with E-state index in [2.05, 4.69) is 15.5 Å². The van der Waals surface area contributed by atoms with E-state index in [4.69, 9.17) is 0 Å². The Bertz CT molecular complexity index is 304. The lowest BCUT2D eigenvalue weighted by molar-refractivity contribution is -0.132. The minimum Gasteiger partial charge on any atom is -0.490 e. The molecule has 0 bridgehead atoms. The second-order valence-electron chi connectivity index (χ2n) is 2.61. The zero-order valence-electron chi connectivity index (χ0n) is 8.28. The second kappa shape index (κ2) is 5.64. The highest BCUT2D eigenvalue weighted by molar-refractivity contribution is 7.87. The van der Waals surface area contributed by atoms with Crippen LogP contribution < -0.4 is 0 Å². The van der Waals surface area contributed by atoms with Crippen LogP contribution >= 0.6 is 0 Å². The predicted molar refractivity (Wildman–Crippen MR) is 50.9 cm³/mol. The van der Waals surface area contributed by atoms with Crippen LogP contribution in [0, 0.1) is 0 Å². The summed E-state index contributed by atoms with van der Waals surface area (Å²) in [6.45, 7) is 5.02. The first kappa shape index (κ1) is 13.0. The summed E-state index contributed by atoms with van der Waals surface area (Å²) in [5.41, 5.74) is 0. The predicted octanol–water partition coefficient (Wildman–Crippen LogP) is 0.820. The van der Waals surface area contributed by atoms with Crippen molar-refractivity contribution in [2.75, 3.05) is 12.9 Å². The van der Waals surface area contributed by atoms with E-state index in [0.717, 1.165) is 0 Å². The number of carbonyl (C=O) groups is 1. The van der Waals surface area contributed by atoms with E-state index in [1.807, 2.05) is 6.92 Å². The van der Waals surface area contributed by atoms with Gasteiger partial charge in [0.05, 0.1) is 12.9 Å². The van der Waals surface area contributed by atoms with Crippen molar-refractivity contribution in [1.29, 1.82) is 0 Å². The van der Waals surface area contributed by atoms with E-state index in [9.17, 15) is 13.2 Å². The number of rotatable bonds is 6. The molecule has 0 saturated heterocycles. The van der Waals surface area contributed by atoms with Crippen molar-refractivity contribution in [2.45, 2.75) is 19.8 Å². The highest BCUT2D eigenvalue weighted by atomic mass is 32.2. The maximum Gasteiger partial charge on any atom is 0.388 e. The monoisotopic (exact) mass is 222 g/mol. The van der Waals surface area contributed by atoms with E-state index >= 15 is 0 Å². The van der Waals surface area contributed by atoms with Gasteiger partial charge >= 0.3 is 16.1 Å². The zero-order chi connectivity index (χ0) is 11.2. The number of ether oxygens (including phenoxy) is 1. The van der Waals surface area contributed by atoms with E-state index < -0.39 is 16.1 Å². The summed E-state index contributed by atoms with van der Waals surface area (Å²) < 4.78 is 30.8. The number of carbonyl (C=O) groups excluding carboxylic acids is 1. The first-order chi connectivity index (χ1) is 6.43. The van der Waals surface area contributed by atoms with Gasteiger partial charge in [0.15, 0.2) is 5.76 Å². The van der Waals surface area contributed by atoms with Crippen molar-refractivity contribution < 1.29 is 22.1 Å². The van der Waals surface area contributed by atoms with Crippen LogP contribution in [0.15, 0.2) is 12.3 Å². The molecule has 0 aromatic heterocycles. The Hall–Kier alpha value is -1.04. The quantitative estimate of drug-likeness (QED) is 0.378. The molecule has 6 heteroatoms. The molecule has 0 saturated carbocycles. The average molecular weight is 222 g/mol. The SMILES string of the molecule is C=C(OC)C(=O)OS(=O)(=O)CCCC. The molecule has 5 nitrogen and oxygen atoms in total. The van der Waals surface area contributed by atoms with E-state index in [-0.39, 0.29) is 11.5 Å². The third-order valence-electron chi connectivity index (χ3n) is 1.42. The molecule has 0 N–H and O–H groups in total. The smallest absolute Gasteiger partial charge is 0.388 e. The molecule has 0 spiro atoms. The molecule has 0 amide bonds. The number of unbranched alkanes of at least 4 members (excludes halogenated alkanes) is 1. The third-order valence-corrected chi connectivity index (χ3v) is 2.62. The van der Waals surface area contributed by atoms with Gasteiger partial charge in [-0.15, -0.1) is 0 Å². The molecule has 0 aliphatic carbocycles. The Balaban J connectivity index is 4.23. The molecule has 0 unspecified atom stereocenters. The Morgan fingerprint density at radius 1 is 1.43 bits per heavy atom. The molecule has 0 heterocycles. The van der Waals surface area contributed by atoms with Crippen molar-refractivity contribution in [3.63, 3.8) is 0 Å². The van der Waals surface area contributed by atoms with Gasteiger partial charge in [0.1, 0.15) is 0 Å². The van der Waals surface area contributed by atoms with Gasteiger partial charge in [-0.2, -0.15) is 8.42 Å². The molecule has 82 valence electrons. The Kier molecular flexibility index (Phi) is 5.22. The van der Waals surface area contributed by atoms with Gasteiger partial charge in [0.2, 0.25) is 0 Å². The van der Waals surface area contributed by atoms with Crippen molar-refractivity contribution in [1.82, 2.24) is 0 Å². The average Bonchev–Trinajstić information content (AvgIpc) is 2.12. The molecule has 0 aliphatic heterocycles. The van der Waals surface area contributed by atoms with Gasteiger partial charge in [-0.3, -0.25) is 0 Å². The molecule has 0 aromatic rings. The molecular weight excluding hydrogens is 208 g/mol. The van der Waals surface area contributed by atoms with Gasteiger partial charge in [-0.1, -0.05) is 13.3 Å². The first-order valence-electron chi connectivity index (χ1n) is 4.12. The fourth-order valence-electron chi connectivity index (χ4n) is 0.608.